The van der Waals surface area contributed by atoms with Crippen LogP contribution < -0.4 is 10.6 Å². The van der Waals surface area contributed by atoms with Gasteiger partial charge in [-0.05, 0) is 49.9 Å². The number of fused-ring (bicyclic) bond motifs is 1. The molecular formula is C22H26N4O2S. The molecule has 0 radical (unpaired) electrons. The molecule has 3 aromatic rings. The second-order valence-corrected chi connectivity index (χ2v) is 8.42. The number of rotatable bonds is 7. The van der Waals surface area contributed by atoms with E-state index < -0.39 is 0 Å². The van der Waals surface area contributed by atoms with Crippen molar-refractivity contribution >= 4 is 33.3 Å². The van der Waals surface area contributed by atoms with Crippen molar-refractivity contribution in [2.24, 2.45) is 0 Å². The summed E-state index contributed by atoms with van der Waals surface area (Å²) >= 11 is 1.72. The lowest BCUT2D eigenvalue weighted by Gasteiger charge is -2.11. The number of carbonyl (C=O) groups is 1. The van der Waals surface area contributed by atoms with E-state index in [2.05, 4.69) is 33.6 Å². The molecule has 1 aliphatic rings. The zero-order valence-electron chi connectivity index (χ0n) is 16.8. The first-order valence-corrected chi connectivity index (χ1v) is 10.9. The number of nitrogens with one attached hydrogen (secondary N) is 2. The number of aryl methyl sites for hydroxylation is 2. The van der Waals surface area contributed by atoms with E-state index in [1.54, 1.807) is 11.3 Å². The Morgan fingerprint density at radius 3 is 2.83 bits per heavy atom. The molecule has 3 heterocycles. The minimum absolute atomic E-state index is 0.0569. The molecule has 1 fully saturated rings. The molecule has 0 spiro atoms. The Kier molecular flexibility index (Phi) is 6.06. The minimum atomic E-state index is -0.0569. The average molecular weight is 411 g/mol. The van der Waals surface area contributed by atoms with Crippen molar-refractivity contribution in [1.82, 2.24) is 15.3 Å². The molecule has 7 heteroatoms. The largest absolute Gasteiger partial charge is 0.376 e. The third-order valence-corrected chi connectivity index (χ3v) is 6.27. The predicted molar refractivity (Wildman–Crippen MR) is 117 cm³/mol. The van der Waals surface area contributed by atoms with Crippen LogP contribution in [0, 0.1) is 6.92 Å². The van der Waals surface area contributed by atoms with Crippen LogP contribution in [0.1, 0.15) is 46.4 Å². The van der Waals surface area contributed by atoms with Gasteiger partial charge in [-0.15, -0.1) is 11.3 Å². The maximum atomic E-state index is 12.3. The van der Waals surface area contributed by atoms with Gasteiger partial charge < -0.3 is 15.4 Å². The summed E-state index contributed by atoms with van der Waals surface area (Å²) < 4.78 is 5.55. The van der Waals surface area contributed by atoms with Gasteiger partial charge in [0.2, 0.25) is 0 Å². The maximum Gasteiger partial charge on any atom is 0.251 e. The number of nitrogens with zero attached hydrogens (tertiary/aromatic N) is 2. The number of hydrogen-bond donors (Lipinski definition) is 2. The fourth-order valence-corrected chi connectivity index (χ4v) is 4.47. The number of carbonyl (C=O) groups excluding carboxylic acids is 1. The van der Waals surface area contributed by atoms with Gasteiger partial charge >= 0.3 is 0 Å². The normalized spacial score (nSPS) is 16.3. The minimum Gasteiger partial charge on any atom is -0.376 e. The van der Waals surface area contributed by atoms with Crippen molar-refractivity contribution in [1.29, 1.82) is 0 Å². The first kappa shape index (κ1) is 19.8. The van der Waals surface area contributed by atoms with Crippen LogP contribution in [-0.2, 0) is 17.7 Å². The summed E-state index contributed by atoms with van der Waals surface area (Å²) in [6.07, 6.45) is 3.24. The summed E-state index contributed by atoms with van der Waals surface area (Å²) in [5, 5.41) is 7.46. The summed E-state index contributed by atoms with van der Waals surface area (Å²) in [6, 6.07) is 9.85. The van der Waals surface area contributed by atoms with Gasteiger partial charge in [-0.3, -0.25) is 4.79 Å². The van der Waals surface area contributed by atoms with Gasteiger partial charge in [0.25, 0.3) is 5.91 Å². The van der Waals surface area contributed by atoms with Crippen molar-refractivity contribution in [3.8, 4) is 0 Å². The molecule has 1 atom stereocenters. The third kappa shape index (κ3) is 4.74. The second-order valence-electron chi connectivity index (χ2n) is 7.30. The highest BCUT2D eigenvalue weighted by molar-refractivity contribution is 7.18. The molecule has 0 bridgehead atoms. The number of anilines is 1. The lowest BCUT2D eigenvalue weighted by molar-refractivity contribution is 0.0858. The van der Waals surface area contributed by atoms with Crippen molar-refractivity contribution in [2.45, 2.75) is 45.8 Å². The van der Waals surface area contributed by atoms with Crippen LogP contribution in [0.4, 0.5) is 5.82 Å². The number of benzene rings is 1. The molecule has 2 N–H and O–H groups in total. The summed E-state index contributed by atoms with van der Waals surface area (Å²) in [6.45, 7) is 6.08. The number of hydrogen-bond acceptors (Lipinski definition) is 6. The standard InChI is InChI=1S/C22H26N4O2S/c1-3-18-11-19-20(25-14(2)26-22(19)29-18)23-12-15-6-8-16(9-7-15)21(27)24-13-17-5-4-10-28-17/h6-9,11,17H,3-5,10,12-13H2,1-2H3,(H,24,27)(H,23,25,26). The number of amides is 1. The molecule has 1 amide bonds. The Bertz CT molecular complexity index is 994. The Morgan fingerprint density at radius 1 is 1.28 bits per heavy atom. The van der Waals surface area contributed by atoms with Crippen molar-refractivity contribution < 1.29 is 9.53 Å². The van der Waals surface area contributed by atoms with Gasteiger partial charge in [-0.1, -0.05) is 19.1 Å². The molecule has 1 aliphatic heterocycles. The number of ether oxygens (including phenoxy) is 1. The quantitative estimate of drug-likeness (QED) is 0.614. The first-order valence-electron chi connectivity index (χ1n) is 10.1. The van der Waals surface area contributed by atoms with Crippen molar-refractivity contribution in [2.75, 3.05) is 18.5 Å². The third-order valence-electron chi connectivity index (χ3n) is 5.09. The van der Waals surface area contributed by atoms with Crippen LogP contribution in [0.2, 0.25) is 0 Å². The summed E-state index contributed by atoms with van der Waals surface area (Å²) in [7, 11) is 0. The SMILES string of the molecule is CCc1cc2c(NCc3ccc(C(=O)NCC4CCCO4)cc3)nc(C)nc2s1. The molecule has 1 aromatic carbocycles. The van der Waals surface area contributed by atoms with Crippen LogP contribution in [-0.4, -0.2) is 35.1 Å². The van der Waals surface area contributed by atoms with Gasteiger partial charge in [0.1, 0.15) is 16.5 Å². The van der Waals surface area contributed by atoms with Crippen molar-refractivity contribution in [3.05, 3.63) is 52.2 Å². The highest BCUT2D eigenvalue weighted by Gasteiger charge is 2.16. The molecule has 1 saturated heterocycles. The molecule has 1 unspecified atom stereocenters. The number of thiophene rings is 1. The molecular weight excluding hydrogens is 384 g/mol. The molecule has 6 nitrogen and oxygen atoms in total. The van der Waals surface area contributed by atoms with E-state index in [1.165, 1.54) is 4.88 Å². The highest BCUT2D eigenvalue weighted by Crippen LogP contribution is 2.29. The van der Waals surface area contributed by atoms with E-state index in [-0.39, 0.29) is 12.0 Å². The molecule has 2 aromatic heterocycles. The van der Waals surface area contributed by atoms with Gasteiger partial charge in [0.05, 0.1) is 11.5 Å². The summed E-state index contributed by atoms with van der Waals surface area (Å²) in [5.74, 6) is 1.57. The molecule has 0 saturated carbocycles. The van der Waals surface area contributed by atoms with Gasteiger partial charge in [-0.25, -0.2) is 9.97 Å². The van der Waals surface area contributed by atoms with Crippen LogP contribution in [0.3, 0.4) is 0 Å². The fraction of sp³-hybridized carbons (Fsp3) is 0.409. The van der Waals surface area contributed by atoms with E-state index >= 15 is 0 Å². The van der Waals surface area contributed by atoms with Crippen LogP contribution in [0.15, 0.2) is 30.3 Å². The van der Waals surface area contributed by atoms with E-state index in [0.29, 0.717) is 18.7 Å². The number of aromatic nitrogens is 2. The maximum absolute atomic E-state index is 12.3. The average Bonchev–Trinajstić information content (AvgIpc) is 3.40. The van der Waals surface area contributed by atoms with Gasteiger partial charge in [0, 0.05) is 30.1 Å². The van der Waals surface area contributed by atoms with Crippen LogP contribution in [0.5, 0.6) is 0 Å². The van der Waals surface area contributed by atoms with Gasteiger partial charge in [0.15, 0.2) is 0 Å². The topological polar surface area (TPSA) is 76.1 Å². The molecule has 152 valence electrons. The highest BCUT2D eigenvalue weighted by atomic mass is 32.1. The lowest BCUT2D eigenvalue weighted by atomic mass is 10.1. The molecule has 29 heavy (non-hydrogen) atoms. The van der Waals surface area contributed by atoms with E-state index in [9.17, 15) is 4.79 Å². The fourth-order valence-electron chi connectivity index (χ4n) is 3.46. The van der Waals surface area contributed by atoms with E-state index in [0.717, 1.165) is 53.3 Å². The Hall–Kier alpha value is -2.51. The smallest absolute Gasteiger partial charge is 0.251 e. The molecule has 4 rings (SSSR count). The van der Waals surface area contributed by atoms with E-state index in [1.807, 2.05) is 31.2 Å². The Morgan fingerprint density at radius 2 is 2.10 bits per heavy atom. The zero-order chi connectivity index (χ0) is 20.2. The predicted octanol–water partition coefficient (Wildman–Crippen LogP) is 4.08. The van der Waals surface area contributed by atoms with Crippen LogP contribution in [0.25, 0.3) is 10.2 Å². The summed E-state index contributed by atoms with van der Waals surface area (Å²) in [4.78, 5) is 23.8. The first-order chi connectivity index (χ1) is 14.1. The molecule has 0 aliphatic carbocycles. The van der Waals surface area contributed by atoms with Crippen LogP contribution >= 0.6 is 11.3 Å². The monoisotopic (exact) mass is 410 g/mol. The second kappa shape index (κ2) is 8.88. The Labute approximate surface area is 174 Å². The van der Waals surface area contributed by atoms with Crippen molar-refractivity contribution in [3.63, 3.8) is 0 Å². The van der Waals surface area contributed by atoms with Gasteiger partial charge in [-0.2, -0.15) is 0 Å². The van der Waals surface area contributed by atoms with E-state index in [4.69, 9.17) is 4.74 Å². The zero-order valence-corrected chi connectivity index (χ0v) is 17.6. The lowest BCUT2D eigenvalue weighted by Crippen LogP contribution is -2.31. The summed E-state index contributed by atoms with van der Waals surface area (Å²) in [5.41, 5.74) is 1.76. The Balaban J connectivity index is 1.38.